The van der Waals surface area contributed by atoms with Gasteiger partial charge >= 0.3 is 17.9 Å². The van der Waals surface area contributed by atoms with Crippen molar-refractivity contribution in [1.29, 1.82) is 0 Å². The third-order valence-corrected chi connectivity index (χ3v) is 15.2. The van der Waals surface area contributed by atoms with Crippen LogP contribution in [0, 0.1) is 0 Å². The quantitative estimate of drug-likeness (QED) is 0.0465. The molecule has 0 aliphatic carbocycles. The number of hydrogen-bond donors (Lipinski definition) is 2. The van der Waals surface area contributed by atoms with Gasteiger partial charge in [-0.25, -0.2) is 0 Å². The molecule has 0 amide bonds. The zero-order valence-corrected chi connectivity index (χ0v) is 51.2. The van der Waals surface area contributed by atoms with Gasteiger partial charge in [-0.2, -0.15) is 0 Å². The zero-order valence-electron chi connectivity index (χ0n) is 51.2. The highest BCUT2D eigenvalue weighted by molar-refractivity contribution is 5.69. The summed E-state index contributed by atoms with van der Waals surface area (Å²) < 4.78 is 5.41. The van der Waals surface area contributed by atoms with Gasteiger partial charge in [-0.05, 0) is 25.7 Å². The molecule has 0 aliphatic rings. The van der Waals surface area contributed by atoms with E-state index in [2.05, 4.69) is 27.7 Å². The molecule has 0 atom stereocenters. The molecule has 0 aromatic heterocycles. The van der Waals surface area contributed by atoms with Crippen LogP contribution in [0.3, 0.4) is 0 Å². The third kappa shape index (κ3) is 81.8. The van der Waals surface area contributed by atoms with Crippen LogP contribution in [0.4, 0.5) is 0 Å². The number of aliphatic carboxylic acids is 2. The van der Waals surface area contributed by atoms with Crippen molar-refractivity contribution in [3.63, 3.8) is 0 Å². The minimum absolute atomic E-state index is 0.0257. The van der Waals surface area contributed by atoms with Gasteiger partial charge in [0.25, 0.3) is 0 Å². The number of esters is 1. The van der Waals surface area contributed by atoms with Crippen LogP contribution < -0.4 is 0 Å². The summed E-state index contributed by atoms with van der Waals surface area (Å²) >= 11 is 0. The number of carbonyl (C=O) groups excluding carboxylic acids is 1. The fourth-order valence-electron chi connectivity index (χ4n) is 10.1. The van der Waals surface area contributed by atoms with Gasteiger partial charge in [0.2, 0.25) is 0 Å². The van der Waals surface area contributed by atoms with Crippen molar-refractivity contribution in [2.24, 2.45) is 0 Å². The summed E-state index contributed by atoms with van der Waals surface area (Å²) in [6, 6.07) is 0. The van der Waals surface area contributed by atoms with E-state index in [-0.39, 0.29) is 5.97 Å². The van der Waals surface area contributed by atoms with Crippen LogP contribution in [0.25, 0.3) is 0 Å². The van der Waals surface area contributed by atoms with Gasteiger partial charge in [0.1, 0.15) is 0 Å². The second kappa shape index (κ2) is 73.5. The zero-order chi connectivity index (χ0) is 54.6. The van der Waals surface area contributed by atoms with Crippen LogP contribution in [-0.4, -0.2) is 34.7 Å². The number of hydrogen-bond acceptors (Lipinski definition) is 4. The second-order valence-corrected chi connectivity index (χ2v) is 23.0. The highest BCUT2D eigenvalue weighted by atomic mass is 16.5. The van der Waals surface area contributed by atoms with Crippen LogP contribution in [0.5, 0.6) is 0 Å². The molecular formula is C68H136O6. The molecule has 0 unspecified atom stereocenters. The van der Waals surface area contributed by atoms with Crippen LogP contribution in [0.15, 0.2) is 0 Å². The Balaban J connectivity index is -0.00000109. The lowest BCUT2D eigenvalue weighted by atomic mass is 10.0. The number of carbonyl (C=O) groups is 3. The maximum absolute atomic E-state index is 11.9. The van der Waals surface area contributed by atoms with Crippen molar-refractivity contribution < 1.29 is 29.3 Å². The van der Waals surface area contributed by atoms with Crippen molar-refractivity contribution in [2.75, 3.05) is 6.61 Å². The summed E-state index contributed by atoms with van der Waals surface area (Å²) in [6.45, 7) is 9.74. The molecule has 6 heteroatoms. The molecule has 444 valence electrons. The SMILES string of the molecule is CCCCCCCCCCCCCCCCCC(=O)O.CCCCCCCCCCCCCCCCCC(=O)O.CCCCCCCCCCCCCCCCCC(=O)OCCCCCCCCCCCCCC. The Morgan fingerprint density at radius 3 is 0.541 bits per heavy atom. The standard InChI is InChI=1S/C32H64O2.2C18H36O2/c1-3-5-7-9-11-13-15-17-18-19-20-22-24-26-28-30-32(33)34-31-29-27-25-23-21-16-14-12-10-8-6-4-2;2*1-2-3-4-5-6-7-8-9-10-11-12-13-14-15-16-17-18(19)20/h3-31H2,1-2H3;2*2-17H2,1H3,(H,19,20). The van der Waals surface area contributed by atoms with Crippen molar-refractivity contribution in [1.82, 2.24) is 0 Å². The van der Waals surface area contributed by atoms with Gasteiger partial charge in [-0.15, -0.1) is 0 Å². The summed E-state index contributed by atoms with van der Waals surface area (Å²) in [5.41, 5.74) is 0. The highest BCUT2D eigenvalue weighted by Gasteiger charge is 2.04. The summed E-state index contributed by atoms with van der Waals surface area (Å²) in [7, 11) is 0. The molecule has 74 heavy (non-hydrogen) atoms. The fourth-order valence-corrected chi connectivity index (χ4v) is 10.1. The molecule has 0 aromatic carbocycles. The first kappa shape index (κ1) is 76.6. The summed E-state index contributed by atoms with van der Waals surface area (Å²) in [4.78, 5) is 32.5. The van der Waals surface area contributed by atoms with Crippen molar-refractivity contribution in [3.05, 3.63) is 0 Å². The molecule has 0 bridgehead atoms. The Kier molecular flexibility index (Phi) is 76.1. The van der Waals surface area contributed by atoms with E-state index in [1.807, 2.05) is 0 Å². The predicted molar refractivity (Wildman–Crippen MR) is 326 cm³/mol. The molecule has 0 rings (SSSR count). The number of rotatable bonds is 61. The largest absolute Gasteiger partial charge is 0.481 e. The number of carboxylic acids is 2. The monoisotopic (exact) mass is 1050 g/mol. The number of carboxylic acid groups (broad SMARTS) is 2. The van der Waals surface area contributed by atoms with E-state index in [0.29, 0.717) is 25.9 Å². The minimum atomic E-state index is -0.653. The van der Waals surface area contributed by atoms with E-state index in [1.54, 1.807) is 0 Å². The summed E-state index contributed by atoms with van der Waals surface area (Å²) in [5.74, 6) is -1.28. The van der Waals surface area contributed by atoms with Crippen molar-refractivity contribution >= 4 is 17.9 Å². The van der Waals surface area contributed by atoms with Crippen LogP contribution in [-0.2, 0) is 19.1 Å². The average Bonchev–Trinajstić information content (AvgIpc) is 3.39. The van der Waals surface area contributed by atoms with E-state index in [0.717, 1.165) is 38.5 Å². The van der Waals surface area contributed by atoms with E-state index in [9.17, 15) is 14.4 Å². The van der Waals surface area contributed by atoms with Gasteiger partial charge in [0.05, 0.1) is 6.61 Å². The van der Waals surface area contributed by atoms with Crippen LogP contribution in [0.1, 0.15) is 413 Å². The normalized spacial score (nSPS) is 11.0. The molecule has 2 N–H and O–H groups in total. The maximum Gasteiger partial charge on any atom is 0.305 e. The molecule has 6 nitrogen and oxygen atoms in total. The Morgan fingerprint density at radius 2 is 0.365 bits per heavy atom. The molecule has 0 saturated carbocycles. The smallest absolute Gasteiger partial charge is 0.305 e. The maximum atomic E-state index is 11.9. The molecule has 0 aromatic rings. The molecule has 0 heterocycles. The Hall–Kier alpha value is -1.59. The van der Waals surface area contributed by atoms with Crippen LogP contribution in [0.2, 0.25) is 0 Å². The molecular weight excluding hydrogens is 913 g/mol. The van der Waals surface area contributed by atoms with Gasteiger partial charge in [-0.3, -0.25) is 14.4 Å². The Bertz CT molecular complexity index is 986. The van der Waals surface area contributed by atoms with Crippen molar-refractivity contribution in [3.8, 4) is 0 Å². The second-order valence-electron chi connectivity index (χ2n) is 23.0. The third-order valence-electron chi connectivity index (χ3n) is 15.2. The molecule has 0 fully saturated rings. The Morgan fingerprint density at radius 1 is 0.216 bits per heavy atom. The topological polar surface area (TPSA) is 101 Å². The highest BCUT2D eigenvalue weighted by Crippen LogP contribution is 2.18. The molecule has 0 spiro atoms. The molecule has 0 saturated heterocycles. The lowest BCUT2D eigenvalue weighted by Gasteiger charge is -2.06. The van der Waals surface area contributed by atoms with Gasteiger partial charge < -0.3 is 14.9 Å². The summed E-state index contributed by atoms with van der Waals surface area (Å²) in [5, 5.41) is 17.0. The molecule has 0 radical (unpaired) electrons. The predicted octanol–water partition coefficient (Wildman–Crippen LogP) is 24.2. The van der Waals surface area contributed by atoms with Gasteiger partial charge in [0, 0.05) is 19.3 Å². The van der Waals surface area contributed by atoms with E-state index >= 15 is 0 Å². The Labute approximate surface area is 464 Å². The van der Waals surface area contributed by atoms with E-state index < -0.39 is 11.9 Å². The van der Waals surface area contributed by atoms with Crippen LogP contribution >= 0.6 is 0 Å². The minimum Gasteiger partial charge on any atom is -0.481 e. The first-order chi connectivity index (χ1) is 36.3. The molecule has 0 aliphatic heterocycles. The van der Waals surface area contributed by atoms with Crippen molar-refractivity contribution in [2.45, 2.75) is 413 Å². The van der Waals surface area contributed by atoms with Gasteiger partial charge in [0.15, 0.2) is 0 Å². The lowest BCUT2D eigenvalue weighted by Crippen LogP contribution is -2.05. The lowest BCUT2D eigenvalue weighted by molar-refractivity contribution is -0.144. The fraction of sp³-hybridized carbons (Fsp3) is 0.956. The first-order valence-electron chi connectivity index (χ1n) is 33.9. The first-order valence-corrected chi connectivity index (χ1v) is 33.9. The van der Waals surface area contributed by atoms with E-state index in [1.165, 1.54) is 327 Å². The van der Waals surface area contributed by atoms with E-state index in [4.69, 9.17) is 14.9 Å². The van der Waals surface area contributed by atoms with Gasteiger partial charge in [-0.1, -0.05) is 368 Å². The number of unbranched alkanes of at least 4 members (excludes halogenated alkanes) is 53. The number of ether oxygens (including phenoxy) is 1. The summed E-state index contributed by atoms with van der Waals surface area (Å²) in [6.07, 6.45) is 77.6. The average molecular weight is 1050 g/mol.